The second-order valence-electron chi connectivity index (χ2n) is 15.2. The van der Waals surface area contributed by atoms with E-state index in [1.807, 2.05) is 0 Å². The number of hydrogen-bond acceptors (Lipinski definition) is 6. The van der Waals surface area contributed by atoms with Crippen LogP contribution in [0.2, 0.25) is 0 Å². The summed E-state index contributed by atoms with van der Waals surface area (Å²) in [5.74, 6) is 1.34. The summed E-state index contributed by atoms with van der Waals surface area (Å²) in [5, 5.41) is 37.0. The van der Waals surface area contributed by atoms with Crippen molar-refractivity contribution < 1.29 is 34.4 Å². The Kier molecular flexibility index (Phi) is 10.2. The first-order valence-corrected chi connectivity index (χ1v) is 17.2. The van der Waals surface area contributed by atoms with Crippen LogP contribution in [0.25, 0.3) is 0 Å². The molecule has 5 N–H and O–H groups in total. The van der Waals surface area contributed by atoms with Crippen LogP contribution in [0.15, 0.2) is 24.3 Å². The number of anilines is 1. The maximum Gasteiger partial charge on any atom is 0.326 e. The van der Waals surface area contributed by atoms with Crippen LogP contribution in [0.3, 0.4) is 0 Å². The van der Waals surface area contributed by atoms with Gasteiger partial charge in [0.1, 0.15) is 11.8 Å². The minimum Gasteiger partial charge on any atom is -0.497 e. The number of hydrogen-bond donors (Lipinski definition) is 5. The van der Waals surface area contributed by atoms with Gasteiger partial charge in [-0.15, -0.1) is 0 Å². The van der Waals surface area contributed by atoms with Gasteiger partial charge in [-0.3, -0.25) is 9.59 Å². The van der Waals surface area contributed by atoms with Gasteiger partial charge in [-0.2, -0.15) is 0 Å². The van der Waals surface area contributed by atoms with E-state index in [0.29, 0.717) is 53.4 Å². The van der Waals surface area contributed by atoms with E-state index in [0.717, 1.165) is 51.4 Å². The number of methoxy groups -OCH3 is 1. The fraction of sp³-hybridized carbons (Fsp3) is 0.750. The number of nitrogens with one attached hydrogen (secondary N) is 2. The summed E-state index contributed by atoms with van der Waals surface area (Å²) < 4.78 is 5.12. The molecule has 4 saturated carbocycles. The molecule has 1 aromatic carbocycles. The number of aliphatic carboxylic acids is 1. The predicted molar refractivity (Wildman–Crippen MR) is 171 cm³/mol. The minimum absolute atomic E-state index is 0.00457. The van der Waals surface area contributed by atoms with Crippen molar-refractivity contribution in [2.75, 3.05) is 12.4 Å². The molecule has 0 spiro atoms. The third kappa shape index (κ3) is 6.90. The number of benzene rings is 1. The van der Waals surface area contributed by atoms with Crippen molar-refractivity contribution in [1.82, 2.24) is 5.32 Å². The van der Waals surface area contributed by atoms with Crippen molar-refractivity contribution in [1.29, 1.82) is 0 Å². The fourth-order valence-electron chi connectivity index (χ4n) is 10.4. The lowest BCUT2D eigenvalue weighted by molar-refractivity contribution is -0.174. The molecular formula is C36H54N2O7. The lowest BCUT2D eigenvalue weighted by Crippen LogP contribution is -2.58. The topological polar surface area (TPSA) is 145 Å². The van der Waals surface area contributed by atoms with E-state index in [-0.39, 0.29) is 54.1 Å². The molecule has 5 rings (SSSR count). The molecule has 0 unspecified atom stereocenters. The molecule has 0 aromatic heterocycles. The van der Waals surface area contributed by atoms with Crippen LogP contribution in [-0.4, -0.2) is 58.5 Å². The van der Waals surface area contributed by atoms with Crippen molar-refractivity contribution >= 4 is 23.5 Å². The summed E-state index contributed by atoms with van der Waals surface area (Å²) >= 11 is 0. The fourth-order valence-corrected chi connectivity index (χ4v) is 10.4. The van der Waals surface area contributed by atoms with Gasteiger partial charge < -0.3 is 30.7 Å². The number of fused-ring (bicyclic) bond motifs is 5. The first kappa shape index (κ1) is 33.7. The summed E-state index contributed by atoms with van der Waals surface area (Å²) in [6.07, 6.45) is 8.36. The highest BCUT2D eigenvalue weighted by atomic mass is 16.5. The molecule has 0 aliphatic heterocycles. The second kappa shape index (κ2) is 13.6. The zero-order valence-corrected chi connectivity index (χ0v) is 27.5. The number of carboxylic acids is 1. The SMILES string of the molecule is COc1ccc(NC(=O)CC[C@H](NC(=O)CC[C@@H](C)[C@H]2CC[C@H]3[C@@H]4[C@H](O)C[C@@H]5C[C@H](O)CC[C@]5(C)[C@H]4CC[C@]23C)C(=O)O)cc1. The van der Waals surface area contributed by atoms with Crippen LogP contribution < -0.4 is 15.4 Å². The molecule has 250 valence electrons. The predicted octanol–water partition coefficient (Wildman–Crippen LogP) is 5.39. The summed E-state index contributed by atoms with van der Waals surface area (Å²) in [6, 6.07) is 5.75. The van der Waals surface area contributed by atoms with Gasteiger partial charge in [0.25, 0.3) is 0 Å². The monoisotopic (exact) mass is 626 g/mol. The quantitative estimate of drug-likeness (QED) is 0.221. The Labute approximate surface area is 267 Å². The maximum atomic E-state index is 12.9. The van der Waals surface area contributed by atoms with Crippen molar-refractivity contribution in [3.63, 3.8) is 0 Å². The maximum absolute atomic E-state index is 12.9. The second-order valence-corrected chi connectivity index (χ2v) is 15.2. The van der Waals surface area contributed by atoms with E-state index in [1.165, 1.54) is 0 Å². The average molecular weight is 627 g/mol. The van der Waals surface area contributed by atoms with Gasteiger partial charge in [-0.1, -0.05) is 20.8 Å². The Morgan fingerprint density at radius 1 is 0.911 bits per heavy atom. The normalized spacial score (nSPS) is 36.9. The van der Waals surface area contributed by atoms with Gasteiger partial charge in [-0.25, -0.2) is 4.79 Å². The highest BCUT2D eigenvalue weighted by Crippen LogP contribution is 2.68. The van der Waals surface area contributed by atoms with Crippen LogP contribution in [0.5, 0.6) is 5.75 Å². The van der Waals surface area contributed by atoms with E-state index >= 15 is 0 Å². The molecule has 9 heteroatoms. The molecule has 9 nitrogen and oxygen atoms in total. The van der Waals surface area contributed by atoms with Crippen LogP contribution >= 0.6 is 0 Å². The highest BCUT2D eigenvalue weighted by molar-refractivity contribution is 5.91. The van der Waals surface area contributed by atoms with Crippen LogP contribution in [-0.2, 0) is 14.4 Å². The van der Waals surface area contributed by atoms with E-state index in [9.17, 15) is 29.7 Å². The van der Waals surface area contributed by atoms with Crippen molar-refractivity contribution in [3.8, 4) is 5.75 Å². The molecule has 4 fully saturated rings. The Morgan fingerprint density at radius 3 is 2.27 bits per heavy atom. The van der Waals surface area contributed by atoms with E-state index in [2.05, 4.69) is 31.4 Å². The van der Waals surface area contributed by atoms with Crippen LogP contribution in [0.4, 0.5) is 5.69 Å². The van der Waals surface area contributed by atoms with Gasteiger partial charge in [0.15, 0.2) is 0 Å². The number of carbonyl (C=O) groups is 3. The average Bonchev–Trinajstić information content (AvgIpc) is 3.36. The number of rotatable bonds is 11. The third-order valence-electron chi connectivity index (χ3n) is 12.9. The number of carbonyl (C=O) groups excluding carboxylic acids is 2. The lowest BCUT2D eigenvalue weighted by Gasteiger charge is -2.62. The van der Waals surface area contributed by atoms with E-state index in [4.69, 9.17) is 4.74 Å². The van der Waals surface area contributed by atoms with Gasteiger partial charge >= 0.3 is 5.97 Å². The molecule has 4 aliphatic carbocycles. The largest absolute Gasteiger partial charge is 0.497 e. The Morgan fingerprint density at radius 2 is 1.58 bits per heavy atom. The number of aliphatic hydroxyl groups excluding tert-OH is 2. The van der Waals surface area contributed by atoms with E-state index in [1.54, 1.807) is 31.4 Å². The summed E-state index contributed by atoms with van der Waals surface area (Å²) in [6.45, 7) is 7.08. The lowest BCUT2D eigenvalue weighted by atomic mass is 9.43. The van der Waals surface area contributed by atoms with Crippen LogP contribution in [0.1, 0.15) is 97.8 Å². The third-order valence-corrected chi connectivity index (χ3v) is 12.9. The zero-order valence-electron chi connectivity index (χ0n) is 27.5. The number of ether oxygens (including phenoxy) is 1. The molecule has 0 bridgehead atoms. The van der Waals surface area contributed by atoms with Gasteiger partial charge in [0, 0.05) is 18.5 Å². The Hall–Kier alpha value is -2.65. The molecule has 4 aliphatic rings. The standard InChI is InChI=1S/C36H54N2O7/c1-21(5-13-32(42)38-29(34(43)44)12-14-31(41)37-23-6-8-25(45-4)9-7-23)26-10-11-27-33-28(16-18-36(26,27)3)35(2)17-15-24(39)19-22(35)20-30(33)40/h6-9,21-22,24,26-30,33,39-40H,5,10-20H2,1-4H3,(H,37,41)(H,38,42)(H,43,44)/t21-,22+,24-,26-,27+,28+,29+,30-,33+,35+,36-/m1/s1. The molecular weight excluding hydrogens is 572 g/mol. The summed E-state index contributed by atoms with van der Waals surface area (Å²) in [5.41, 5.74) is 0.909. The van der Waals surface area contributed by atoms with Crippen LogP contribution in [0, 0.1) is 46.3 Å². The van der Waals surface area contributed by atoms with Crippen molar-refractivity contribution in [3.05, 3.63) is 24.3 Å². The molecule has 0 saturated heterocycles. The van der Waals surface area contributed by atoms with Crippen molar-refractivity contribution in [2.24, 2.45) is 46.3 Å². The molecule has 11 atom stereocenters. The summed E-state index contributed by atoms with van der Waals surface area (Å²) in [4.78, 5) is 37.2. The molecule has 1 aromatic rings. The first-order valence-electron chi connectivity index (χ1n) is 17.2. The Balaban J connectivity index is 1.12. The minimum atomic E-state index is -1.15. The number of aliphatic hydroxyl groups is 2. The number of carboxylic acid groups (broad SMARTS) is 1. The molecule has 45 heavy (non-hydrogen) atoms. The van der Waals surface area contributed by atoms with E-state index < -0.39 is 12.0 Å². The smallest absolute Gasteiger partial charge is 0.326 e. The van der Waals surface area contributed by atoms with Gasteiger partial charge in [0.2, 0.25) is 11.8 Å². The number of amides is 2. The summed E-state index contributed by atoms with van der Waals surface area (Å²) in [7, 11) is 1.56. The first-order chi connectivity index (χ1) is 21.4. The molecule has 2 amide bonds. The van der Waals surface area contributed by atoms with Crippen molar-refractivity contribution in [2.45, 2.75) is 116 Å². The molecule has 0 heterocycles. The highest BCUT2D eigenvalue weighted by Gasteiger charge is 2.62. The van der Waals surface area contributed by atoms with Gasteiger partial charge in [0.05, 0.1) is 19.3 Å². The molecule has 0 radical (unpaired) electrons. The Bertz CT molecular complexity index is 1220. The zero-order chi connectivity index (χ0) is 32.5. The van der Waals surface area contributed by atoms with Gasteiger partial charge in [-0.05, 0) is 135 Å².